The molecule has 0 radical (unpaired) electrons. The van der Waals surface area contributed by atoms with Crippen LogP contribution in [0.2, 0.25) is 0 Å². The number of rotatable bonds is 7. The van der Waals surface area contributed by atoms with Crippen molar-refractivity contribution in [1.82, 2.24) is 19.3 Å². The second-order valence-electron chi connectivity index (χ2n) is 9.87. The second kappa shape index (κ2) is 9.71. The van der Waals surface area contributed by atoms with Crippen LogP contribution in [-0.4, -0.2) is 34.5 Å². The molecule has 0 unspecified atom stereocenters. The minimum atomic E-state index is -3.69. The van der Waals surface area contributed by atoms with Crippen LogP contribution in [-0.2, 0) is 14.8 Å². The van der Waals surface area contributed by atoms with E-state index in [-0.39, 0.29) is 16.7 Å². The quantitative estimate of drug-likeness (QED) is 0.331. The van der Waals surface area contributed by atoms with E-state index in [0.717, 1.165) is 11.2 Å². The van der Waals surface area contributed by atoms with Gasteiger partial charge in [0.05, 0.1) is 22.3 Å². The van der Waals surface area contributed by atoms with E-state index in [0.29, 0.717) is 22.9 Å². The molecule has 0 atom stereocenters. The number of benzene rings is 2. The van der Waals surface area contributed by atoms with E-state index >= 15 is 0 Å². The Balaban J connectivity index is 1.64. The maximum Gasteiger partial charge on any atom is 0.245 e. The van der Waals surface area contributed by atoms with Crippen LogP contribution in [0.25, 0.3) is 16.8 Å². The van der Waals surface area contributed by atoms with Gasteiger partial charge >= 0.3 is 0 Å². The predicted octanol–water partition coefficient (Wildman–Crippen LogP) is 4.81. The van der Waals surface area contributed by atoms with Crippen molar-refractivity contribution in [2.24, 2.45) is 5.92 Å². The largest absolute Gasteiger partial charge is 0.326 e. The molecule has 36 heavy (non-hydrogen) atoms. The van der Waals surface area contributed by atoms with Crippen LogP contribution in [0.15, 0.2) is 71.8 Å². The standard InChI is InChI=1S/C26H30N6O3S/c1-17(2)24(33)28-19-9-7-10-20(15-19)29-25-27-16-21-12-13-23(32(21)30-25)18-8-6-11-22(14-18)36(34,35)31-26(3,4)5/h6-17,31H,1-5H3,(H,28,33)(H,29,30). The summed E-state index contributed by atoms with van der Waals surface area (Å²) in [5.41, 5.74) is 2.97. The summed E-state index contributed by atoms with van der Waals surface area (Å²) in [5, 5.41) is 10.7. The number of hydrogen-bond donors (Lipinski definition) is 3. The molecule has 188 valence electrons. The first-order chi connectivity index (χ1) is 16.9. The fourth-order valence-electron chi connectivity index (χ4n) is 3.55. The van der Waals surface area contributed by atoms with Gasteiger partial charge in [0.2, 0.25) is 21.9 Å². The van der Waals surface area contributed by atoms with Crippen molar-refractivity contribution < 1.29 is 13.2 Å². The summed E-state index contributed by atoms with van der Waals surface area (Å²) in [5.74, 6) is 0.159. The molecule has 0 aliphatic carbocycles. The van der Waals surface area contributed by atoms with E-state index in [1.807, 2.05) is 50.2 Å². The Hall–Kier alpha value is -3.76. The van der Waals surface area contributed by atoms with Gasteiger partial charge in [0, 0.05) is 28.4 Å². The van der Waals surface area contributed by atoms with Gasteiger partial charge in [-0.15, -0.1) is 5.10 Å². The Morgan fingerprint density at radius 2 is 1.69 bits per heavy atom. The first-order valence-electron chi connectivity index (χ1n) is 11.6. The lowest BCUT2D eigenvalue weighted by Crippen LogP contribution is -2.40. The third-order valence-corrected chi connectivity index (χ3v) is 6.95. The number of amides is 1. The highest BCUT2D eigenvalue weighted by Gasteiger charge is 2.22. The lowest BCUT2D eigenvalue weighted by molar-refractivity contribution is -0.118. The number of hydrogen-bond acceptors (Lipinski definition) is 6. The summed E-state index contributed by atoms with van der Waals surface area (Å²) in [6, 6.07) is 17.8. The molecule has 0 saturated heterocycles. The van der Waals surface area contributed by atoms with E-state index in [2.05, 4.69) is 25.4 Å². The number of nitrogens with one attached hydrogen (secondary N) is 3. The average molecular weight is 507 g/mol. The van der Waals surface area contributed by atoms with E-state index < -0.39 is 15.6 Å². The van der Waals surface area contributed by atoms with Crippen LogP contribution >= 0.6 is 0 Å². The third-order valence-electron chi connectivity index (χ3n) is 5.19. The maximum absolute atomic E-state index is 12.8. The molecule has 0 aliphatic rings. The number of anilines is 3. The molecule has 0 aliphatic heterocycles. The van der Waals surface area contributed by atoms with E-state index in [4.69, 9.17) is 0 Å². The summed E-state index contributed by atoms with van der Waals surface area (Å²) >= 11 is 0. The molecule has 0 fully saturated rings. The Morgan fingerprint density at radius 1 is 0.972 bits per heavy atom. The van der Waals surface area contributed by atoms with Crippen molar-refractivity contribution in [3.8, 4) is 11.3 Å². The number of fused-ring (bicyclic) bond motifs is 1. The molecule has 4 rings (SSSR count). The molecule has 0 bridgehead atoms. The monoisotopic (exact) mass is 506 g/mol. The summed E-state index contributed by atoms with van der Waals surface area (Å²) in [7, 11) is -3.69. The van der Waals surface area contributed by atoms with Crippen LogP contribution < -0.4 is 15.4 Å². The van der Waals surface area contributed by atoms with Crippen LogP contribution in [0.3, 0.4) is 0 Å². The number of sulfonamides is 1. The van der Waals surface area contributed by atoms with E-state index in [1.165, 1.54) is 0 Å². The summed E-state index contributed by atoms with van der Waals surface area (Å²) in [6.07, 6.45) is 1.69. The van der Waals surface area contributed by atoms with Gasteiger partial charge in [-0.25, -0.2) is 22.6 Å². The zero-order chi connectivity index (χ0) is 26.1. The highest BCUT2D eigenvalue weighted by atomic mass is 32.2. The van der Waals surface area contributed by atoms with Gasteiger partial charge < -0.3 is 10.6 Å². The molecule has 0 spiro atoms. The van der Waals surface area contributed by atoms with E-state index in [1.54, 1.807) is 55.7 Å². The molecular formula is C26H30N6O3S. The number of carbonyl (C=O) groups is 1. The van der Waals surface area contributed by atoms with Crippen molar-refractivity contribution in [2.75, 3.05) is 10.6 Å². The number of carbonyl (C=O) groups excluding carboxylic acids is 1. The minimum Gasteiger partial charge on any atom is -0.326 e. The molecule has 2 aromatic heterocycles. The maximum atomic E-state index is 12.8. The van der Waals surface area contributed by atoms with Crippen LogP contribution in [0.1, 0.15) is 34.6 Å². The average Bonchev–Trinajstić information content (AvgIpc) is 3.21. The third kappa shape index (κ3) is 5.89. The summed E-state index contributed by atoms with van der Waals surface area (Å²) in [6.45, 7) is 9.07. The van der Waals surface area contributed by atoms with Gasteiger partial charge in [0.1, 0.15) is 0 Å². The number of nitrogens with zero attached hydrogens (tertiary/aromatic N) is 3. The molecule has 9 nitrogen and oxygen atoms in total. The fourth-order valence-corrected chi connectivity index (χ4v) is 5.02. The topological polar surface area (TPSA) is 117 Å². The van der Waals surface area contributed by atoms with Gasteiger partial charge in [-0.05, 0) is 63.2 Å². The zero-order valence-electron chi connectivity index (χ0n) is 20.9. The van der Waals surface area contributed by atoms with Gasteiger partial charge in [0.25, 0.3) is 0 Å². The highest BCUT2D eigenvalue weighted by molar-refractivity contribution is 7.89. The molecular weight excluding hydrogens is 476 g/mol. The van der Waals surface area contributed by atoms with Crippen molar-refractivity contribution >= 4 is 38.8 Å². The van der Waals surface area contributed by atoms with Gasteiger partial charge in [0.15, 0.2) is 0 Å². The summed E-state index contributed by atoms with van der Waals surface area (Å²) in [4.78, 5) is 16.6. The Morgan fingerprint density at radius 3 is 2.42 bits per heavy atom. The Bertz CT molecular complexity index is 1520. The predicted molar refractivity (Wildman–Crippen MR) is 142 cm³/mol. The first kappa shape index (κ1) is 25.3. The van der Waals surface area contributed by atoms with Crippen molar-refractivity contribution in [3.05, 3.63) is 66.9 Å². The minimum absolute atomic E-state index is 0.0660. The first-order valence-corrected chi connectivity index (χ1v) is 13.1. The van der Waals surface area contributed by atoms with Gasteiger partial charge in [-0.3, -0.25) is 4.79 Å². The smallest absolute Gasteiger partial charge is 0.245 e. The highest BCUT2D eigenvalue weighted by Crippen LogP contribution is 2.26. The Kier molecular flexibility index (Phi) is 6.83. The van der Waals surface area contributed by atoms with Crippen LogP contribution in [0.4, 0.5) is 17.3 Å². The molecule has 2 heterocycles. The van der Waals surface area contributed by atoms with Crippen molar-refractivity contribution in [1.29, 1.82) is 0 Å². The van der Waals surface area contributed by atoms with Crippen molar-refractivity contribution in [2.45, 2.75) is 45.1 Å². The second-order valence-corrected chi connectivity index (χ2v) is 11.6. The van der Waals surface area contributed by atoms with Crippen LogP contribution in [0, 0.1) is 5.92 Å². The summed E-state index contributed by atoms with van der Waals surface area (Å²) < 4.78 is 30.1. The molecule has 3 N–H and O–H groups in total. The molecule has 10 heteroatoms. The molecule has 2 aromatic carbocycles. The Labute approximate surface area is 211 Å². The normalized spacial score (nSPS) is 12.2. The molecule has 1 amide bonds. The lowest BCUT2D eigenvalue weighted by Gasteiger charge is -2.20. The van der Waals surface area contributed by atoms with Crippen molar-refractivity contribution in [3.63, 3.8) is 0 Å². The number of aromatic nitrogens is 3. The molecule has 0 saturated carbocycles. The lowest BCUT2D eigenvalue weighted by atomic mass is 10.1. The zero-order valence-corrected chi connectivity index (χ0v) is 21.7. The SMILES string of the molecule is CC(C)C(=O)Nc1cccc(Nc2ncc3ccc(-c4cccc(S(=O)(=O)NC(C)(C)C)c4)n3n2)c1. The molecule has 4 aromatic rings. The van der Waals surface area contributed by atoms with Crippen LogP contribution in [0.5, 0.6) is 0 Å². The van der Waals surface area contributed by atoms with Gasteiger partial charge in [-0.1, -0.05) is 32.0 Å². The van der Waals surface area contributed by atoms with E-state index in [9.17, 15) is 13.2 Å². The fraction of sp³-hybridized carbons (Fsp3) is 0.269. The van der Waals surface area contributed by atoms with Gasteiger partial charge in [-0.2, -0.15) is 0 Å².